The van der Waals surface area contributed by atoms with Gasteiger partial charge in [-0.2, -0.15) is 0 Å². The average Bonchev–Trinajstić information content (AvgIpc) is 2.26. The van der Waals surface area contributed by atoms with Crippen LogP contribution in [0.1, 0.15) is 84.0 Å². The lowest BCUT2D eigenvalue weighted by Crippen LogP contribution is -1.82. The van der Waals surface area contributed by atoms with Gasteiger partial charge in [0.1, 0.15) is 0 Å². The molecule has 1 radical (unpaired) electrons. The summed E-state index contributed by atoms with van der Waals surface area (Å²) in [6.45, 7) is 2.28. The van der Waals surface area contributed by atoms with E-state index in [-0.39, 0.29) is 0 Å². The number of hydrogen-bond donors (Lipinski definition) is 0. The standard InChI is InChI=1S/C14H28Br/c1-2-3-4-5-6-7-8-9-10-11-12-13-14-15/h14H,2-13H2,1H3. The van der Waals surface area contributed by atoms with E-state index in [1.807, 2.05) is 0 Å². The Morgan fingerprint density at radius 3 is 1.47 bits per heavy atom. The molecule has 0 N–H and O–H groups in total. The Hall–Kier alpha value is 0.480. The predicted octanol–water partition coefficient (Wildman–Crippen LogP) is 6.24. The first-order valence-electron chi connectivity index (χ1n) is 6.83. The lowest BCUT2D eigenvalue weighted by Gasteiger charge is -2.01. The second kappa shape index (κ2) is 14.5. The molecule has 0 nitrogen and oxygen atoms in total. The number of unbranched alkanes of at least 4 members (excludes halogenated alkanes) is 11. The van der Waals surface area contributed by atoms with E-state index in [0.717, 1.165) is 0 Å². The minimum Gasteiger partial charge on any atom is -0.0879 e. The van der Waals surface area contributed by atoms with Crippen molar-refractivity contribution < 1.29 is 0 Å². The van der Waals surface area contributed by atoms with Gasteiger partial charge in [0.2, 0.25) is 0 Å². The van der Waals surface area contributed by atoms with Crippen LogP contribution in [0.15, 0.2) is 0 Å². The molecule has 0 unspecified atom stereocenters. The van der Waals surface area contributed by atoms with Gasteiger partial charge in [-0.25, -0.2) is 0 Å². The van der Waals surface area contributed by atoms with Gasteiger partial charge in [-0.05, 0) is 6.42 Å². The molecule has 0 aliphatic carbocycles. The van der Waals surface area contributed by atoms with Gasteiger partial charge in [0.25, 0.3) is 0 Å². The molecule has 0 aromatic carbocycles. The van der Waals surface area contributed by atoms with Crippen LogP contribution in [0.2, 0.25) is 0 Å². The first kappa shape index (κ1) is 15.5. The SMILES string of the molecule is CCCCCCCCCCCCC[CH]Br. The molecule has 0 spiro atoms. The van der Waals surface area contributed by atoms with Crippen LogP contribution in [0.3, 0.4) is 0 Å². The summed E-state index contributed by atoms with van der Waals surface area (Å²) in [5.41, 5.74) is 0. The highest BCUT2D eigenvalue weighted by Gasteiger charge is 1.92. The Morgan fingerprint density at radius 2 is 1.07 bits per heavy atom. The van der Waals surface area contributed by atoms with E-state index >= 15 is 0 Å². The predicted molar refractivity (Wildman–Crippen MR) is 74.3 cm³/mol. The Labute approximate surface area is 105 Å². The maximum atomic E-state index is 3.35. The van der Waals surface area contributed by atoms with Gasteiger partial charge in [-0.15, -0.1) is 0 Å². The zero-order valence-electron chi connectivity index (χ0n) is 10.4. The van der Waals surface area contributed by atoms with Crippen molar-refractivity contribution in [2.24, 2.45) is 0 Å². The van der Waals surface area contributed by atoms with Crippen LogP contribution in [0.5, 0.6) is 0 Å². The summed E-state index contributed by atoms with van der Waals surface area (Å²) in [6.07, 6.45) is 17.0. The van der Waals surface area contributed by atoms with Gasteiger partial charge in [-0.1, -0.05) is 93.5 Å². The van der Waals surface area contributed by atoms with E-state index in [0.29, 0.717) is 0 Å². The third-order valence-corrected chi connectivity index (χ3v) is 3.37. The molecule has 0 saturated carbocycles. The number of hydrogen-bond acceptors (Lipinski definition) is 0. The van der Waals surface area contributed by atoms with Crippen molar-refractivity contribution in [3.8, 4) is 0 Å². The molecular formula is C14H28Br. The third-order valence-electron chi connectivity index (χ3n) is 2.92. The topological polar surface area (TPSA) is 0 Å². The first-order valence-corrected chi connectivity index (χ1v) is 7.75. The van der Waals surface area contributed by atoms with Crippen LogP contribution in [0, 0.1) is 5.33 Å². The molecule has 0 aliphatic rings. The van der Waals surface area contributed by atoms with Gasteiger partial charge in [0.05, 0.1) is 0 Å². The number of rotatable bonds is 12. The highest BCUT2D eigenvalue weighted by Crippen LogP contribution is 2.12. The molecule has 0 aliphatic heterocycles. The molecule has 0 rings (SSSR count). The van der Waals surface area contributed by atoms with Gasteiger partial charge >= 0.3 is 0 Å². The van der Waals surface area contributed by atoms with E-state index in [4.69, 9.17) is 0 Å². The zero-order chi connectivity index (χ0) is 11.2. The summed E-state index contributed by atoms with van der Waals surface area (Å²) >= 11 is 3.35. The number of halogens is 1. The summed E-state index contributed by atoms with van der Waals surface area (Å²) in [5, 5.41) is 2.10. The van der Waals surface area contributed by atoms with E-state index in [9.17, 15) is 0 Å². The van der Waals surface area contributed by atoms with Gasteiger partial charge in [0, 0.05) is 5.33 Å². The van der Waals surface area contributed by atoms with Crippen LogP contribution in [-0.4, -0.2) is 0 Å². The monoisotopic (exact) mass is 275 g/mol. The Balaban J connectivity index is 2.81. The van der Waals surface area contributed by atoms with Crippen molar-refractivity contribution in [3.63, 3.8) is 0 Å². The quantitative estimate of drug-likeness (QED) is 0.370. The third kappa shape index (κ3) is 14.5. The molecule has 0 saturated heterocycles. The molecule has 91 valence electrons. The fourth-order valence-corrected chi connectivity index (χ4v) is 2.21. The fourth-order valence-electron chi connectivity index (χ4n) is 1.89. The molecule has 1 heteroatoms. The Kier molecular flexibility index (Phi) is 14.9. The summed E-state index contributed by atoms with van der Waals surface area (Å²) < 4.78 is 0. The van der Waals surface area contributed by atoms with Gasteiger partial charge < -0.3 is 0 Å². The van der Waals surface area contributed by atoms with Crippen molar-refractivity contribution in [2.75, 3.05) is 0 Å². The highest BCUT2D eigenvalue weighted by atomic mass is 79.9. The summed E-state index contributed by atoms with van der Waals surface area (Å²) in [7, 11) is 0. The maximum absolute atomic E-state index is 3.35. The highest BCUT2D eigenvalue weighted by molar-refractivity contribution is 9.10. The van der Waals surface area contributed by atoms with Crippen molar-refractivity contribution in [3.05, 3.63) is 5.33 Å². The largest absolute Gasteiger partial charge is 0.0879 e. The molecule has 15 heavy (non-hydrogen) atoms. The molecule has 0 bridgehead atoms. The zero-order valence-corrected chi connectivity index (χ0v) is 12.0. The van der Waals surface area contributed by atoms with Crippen LogP contribution in [-0.2, 0) is 0 Å². The van der Waals surface area contributed by atoms with Crippen LogP contribution >= 0.6 is 15.9 Å². The minimum absolute atomic E-state index is 1.23. The van der Waals surface area contributed by atoms with Crippen molar-refractivity contribution in [1.29, 1.82) is 0 Å². The van der Waals surface area contributed by atoms with Crippen LogP contribution < -0.4 is 0 Å². The van der Waals surface area contributed by atoms with E-state index in [2.05, 4.69) is 28.2 Å². The average molecular weight is 276 g/mol. The molecule has 0 amide bonds. The molecule has 0 heterocycles. The summed E-state index contributed by atoms with van der Waals surface area (Å²) in [5.74, 6) is 0. The Bertz CT molecular complexity index is 89.5. The van der Waals surface area contributed by atoms with E-state index in [1.165, 1.54) is 77.0 Å². The van der Waals surface area contributed by atoms with Gasteiger partial charge in [-0.3, -0.25) is 0 Å². The molecular weight excluding hydrogens is 248 g/mol. The molecule has 0 aromatic rings. The van der Waals surface area contributed by atoms with Crippen molar-refractivity contribution in [1.82, 2.24) is 0 Å². The van der Waals surface area contributed by atoms with Crippen LogP contribution in [0.25, 0.3) is 0 Å². The Morgan fingerprint density at radius 1 is 0.667 bits per heavy atom. The smallest absolute Gasteiger partial charge is 0.0271 e. The molecule has 0 fully saturated rings. The summed E-state index contributed by atoms with van der Waals surface area (Å²) in [4.78, 5) is 0. The van der Waals surface area contributed by atoms with E-state index in [1.54, 1.807) is 0 Å². The van der Waals surface area contributed by atoms with E-state index < -0.39 is 0 Å². The fraction of sp³-hybridized carbons (Fsp3) is 0.929. The lowest BCUT2D eigenvalue weighted by atomic mass is 10.1. The second-order valence-corrected chi connectivity index (χ2v) is 5.13. The summed E-state index contributed by atoms with van der Waals surface area (Å²) in [6, 6.07) is 0. The van der Waals surface area contributed by atoms with Crippen molar-refractivity contribution in [2.45, 2.75) is 84.0 Å². The maximum Gasteiger partial charge on any atom is 0.0271 e. The first-order chi connectivity index (χ1) is 7.41. The molecule has 0 aromatic heterocycles. The lowest BCUT2D eigenvalue weighted by molar-refractivity contribution is 0.550. The molecule has 0 atom stereocenters. The second-order valence-electron chi connectivity index (χ2n) is 4.48. The normalized spacial score (nSPS) is 10.8. The minimum atomic E-state index is 1.23. The van der Waals surface area contributed by atoms with Gasteiger partial charge in [0.15, 0.2) is 0 Å². The van der Waals surface area contributed by atoms with Crippen LogP contribution in [0.4, 0.5) is 0 Å². The van der Waals surface area contributed by atoms with Crippen molar-refractivity contribution >= 4 is 15.9 Å².